The molecule has 0 bridgehead atoms. The number of amides is 1. The lowest BCUT2D eigenvalue weighted by Crippen LogP contribution is -2.27. The molecule has 6 heteroatoms. The lowest BCUT2D eigenvalue weighted by atomic mass is 10.1. The number of thioether (sulfide) groups is 1. The van der Waals surface area contributed by atoms with E-state index in [1.54, 1.807) is 33.9 Å². The summed E-state index contributed by atoms with van der Waals surface area (Å²) in [6.45, 7) is 5.24. The van der Waals surface area contributed by atoms with Crippen LogP contribution in [0.15, 0.2) is 11.1 Å². The van der Waals surface area contributed by atoms with Crippen molar-refractivity contribution in [3.05, 3.63) is 22.9 Å². The van der Waals surface area contributed by atoms with Crippen LogP contribution in [-0.4, -0.2) is 34.3 Å². The van der Waals surface area contributed by atoms with Gasteiger partial charge >= 0.3 is 5.97 Å². The Labute approximate surface area is 110 Å². The second-order valence-electron chi connectivity index (χ2n) is 3.94. The number of carboxylic acid groups (broad SMARTS) is 1. The van der Waals surface area contributed by atoms with Crippen LogP contribution >= 0.6 is 11.8 Å². The third-order valence-corrected chi connectivity index (χ3v) is 3.52. The zero-order valence-electron chi connectivity index (χ0n) is 10.8. The fourth-order valence-corrected chi connectivity index (χ4v) is 2.69. The Morgan fingerprint density at radius 3 is 2.56 bits per heavy atom. The van der Waals surface area contributed by atoms with Crippen molar-refractivity contribution in [2.75, 3.05) is 7.05 Å². The molecule has 0 aliphatic rings. The summed E-state index contributed by atoms with van der Waals surface area (Å²) in [7, 11) is 1.55. The first-order valence-electron chi connectivity index (χ1n) is 5.46. The Balaban J connectivity index is 3.15. The number of hydrogen-bond acceptors (Lipinski definition) is 4. The molecule has 0 fully saturated rings. The van der Waals surface area contributed by atoms with Gasteiger partial charge in [0.2, 0.25) is 5.91 Å². The maximum absolute atomic E-state index is 11.5. The molecule has 1 unspecified atom stereocenters. The highest BCUT2D eigenvalue weighted by atomic mass is 32.2. The van der Waals surface area contributed by atoms with E-state index in [1.165, 1.54) is 0 Å². The summed E-state index contributed by atoms with van der Waals surface area (Å²) in [5, 5.41) is 11.7. The highest BCUT2D eigenvalue weighted by Gasteiger charge is 2.21. The van der Waals surface area contributed by atoms with Crippen LogP contribution in [0.4, 0.5) is 0 Å². The van der Waals surface area contributed by atoms with Crippen LogP contribution in [0.2, 0.25) is 0 Å². The molecular weight excluding hydrogens is 252 g/mol. The molecule has 1 rings (SSSR count). The van der Waals surface area contributed by atoms with E-state index >= 15 is 0 Å². The highest BCUT2D eigenvalue weighted by molar-refractivity contribution is 8.00. The predicted molar refractivity (Wildman–Crippen MR) is 70.1 cm³/mol. The van der Waals surface area contributed by atoms with Crippen LogP contribution in [0.25, 0.3) is 0 Å². The molecule has 1 aromatic rings. The van der Waals surface area contributed by atoms with Gasteiger partial charge in [0.1, 0.15) is 5.03 Å². The first kappa shape index (κ1) is 14.5. The van der Waals surface area contributed by atoms with Gasteiger partial charge in [-0.2, -0.15) is 0 Å². The Bertz CT molecular complexity index is 488. The van der Waals surface area contributed by atoms with Gasteiger partial charge in [-0.05, 0) is 32.4 Å². The van der Waals surface area contributed by atoms with E-state index in [1.807, 2.05) is 0 Å². The van der Waals surface area contributed by atoms with Gasteiger partial charge in [-0.25, -0.2) is 9.78 Å². The summed E-state index contributed by atoms with van der Waals surface area (Å²) in [4.78, 5) is 26.9. The Kier molecular flexibility index (Phi) is 4.72. The molecular formula is C12H16N2O3S. The van der Waals surface area contributed by atoms with Gasteiger partial charge in [-0.1, -0.05) is 11.8 Å². The summed E-state index contributed by atoms with van der Waals surface area (Å²) in [6.07, 6.45) is 0. The molecule has 1 amide bonds. The fraction of sp³-hybridized carbons (Fsp3) is 0.417. The van der Waals surface area contributed by atoms with Crippen LogP contribution in [0.3, 0.4) is 0 Å². The lowest BCUT2D eigenvalue weighted by molar-refractivity contribution is -0.119. The minimum atomic E-state index is -1.02. The topological polar surface area (TPSA) is 79.3 Å². The first-order chi connectivity index (χ1) is 8.36. The quantitative estimate of drug-likeness (QED) is 0.811. The second-order valence-corrected chi connectivity index (χ2v) is 5.27. The summed E-state index contributed by atoms with van der Waals surface area (Å²) < 4.78 is 0. The van der Waals surface area contributed by atoms with Gasteiger partial charge in [0, 0.05) is 12.7 Å². The Morgan fingerprint density at radius 2 is 2.06 bits per heavy atom. The number of aryl methyl sites for hydroxylation is 2. The maximum Gasteiger partial charge on any atom is 0.338 e. The maximum atomic E-state index is 11.5. The largest absolute Gasteiger partial charge is 0.478 e. The van der Waals surface area contributed by atoms with E-state index in [9.17, 15) is 14.7 Å². The van der Waals surface area contributed by atoms with E-state index in [0.29, 0.717) is 10.6 Å². The van der Waals surface area contributed by atoms with E-state index in [-0.39, 0.29) is 16.7 Å². The predicted octanol–water partition coefficient (Wildman–Crippen LogP) is 1.62. The van der Waals surface area contributed by atoms with E-state index < -0.39 is 5.97 Å². The number of nitrogens with zero attached hydrogens (tertiary/aromatic N) is 1. The van der Waals surface area contributed by atoms with Crippen molar-refractivity contribution in [3.8, 4) is 0 Å². The van der Waals surface area contributed by atoms with Gasteiger partial charge in [0.25, 0.3) is 0 Å². The summed E-state index contributed by atoms with van der Waals surface area (Å²) in [5.74, 6) is -1.18. The van der Waals surface area contributed by atoms with E-state index in [0.717, 1.165) is 17.5 Å². The van der Waals surface area contributed by atoms with Gasteiger partial charge in [0.05, 0.1) is 10.8 Å². The zero-order chi connectivity index (χ0) is 13.9. The number of carbonyl (C=O) groups is 2. The third kappa shape index (κ3) is 3.22. The Morgan fingerprint density at radius 1 is 1.44 bits per heavy atom. The first-order valence-corrected chi connectivity index (χ1v) is 6.34. The van der Waals surface area contributed by atoms with Crippen molar-refractivity contribution in [2.24, 2.45) is 0 Å². The Hall–Kier alpha value is -1.56. The number of hydrogen-bond donors (Lipinski definition) is 2. The molecule has 0 aromatic carbocycles. The van der Waals surface area contributed by atoms with Gasteiger partial charge in [-0.3, -0.25) is 4.79 Å². The van der Waals surface area contributed by atoms with Crippen molar-refractivity contribution in [2.45, 2.75) is 31.0 Å². The molecule has 98 valence electrons. The van der Waals surface area contributed by atoms with Crippen LogP contribution in [0.5, 0.6) is 0 Å². The van der Waals surface area contributed by atoms with Crippen LogP contribution in [-0.2, 0) is 4.79 Å². The minimum absolute atomic E-state index is 0.155. The molecule has 0 spiro atoms. The van der Waals surface area contributed by atoms with Crippen molar-refractivity contribution in [1.29, 1.82) is 0 Å². The number of pyridine rings is 1. The van der Waals surface area contributed by atoms with Crippen molar-refractivity contribution in [1.82, 2.24) is 10.3 Å². The minimum Gasteiger partial charge on any atom is -0.478 e. The smallest absolute Gasteiger partial charge is 0.338 e. The molecule has 2 N–H and O–H groups in total. The summed E-state index contributed by atoms with van der Waals surface area (Å²) >= 11 is 1.16. The molecule has 0 aliphatic heterocycles. The third-order valence-electron chi connectivity index (χ3n) is 2.43. The molecule has 0 radical (unpaired) electrons. The molecule has 18 heavy (non-hydrogen) atoms. The standard InChI is InChI=1S/C12H16N2O3S/c1-6-5-7(2)14-11(9(6)12(16)17)18-8(3)10(15)13-4/h5,8H,1-4H3,(H,13,15)(H,16,17). The number of aromatic carboxylic acids is 1. The number of aromatic nitrogens is 1. The average Bonchev–Trinajstić information content (AvgIpc) is 2.26. The molecule has 5 nitrogen and oxygen atoms in total. The number of nitrogens with one attached hydrogen (secondary N) is 1. The monoisotopic (exact) mass is 268 g/mol. The number of rotatable bonds is 4. The van der Waals surface area contributed by atoms with Crippen LogP contribution < -0.4 is 5.32 Å². The van der Waals surface area contributed by atoms with Crippen molar-refractivity contribution < 1.29 is 14.7 Å². The number of carboxylic acids is 1. The SMILES string of the molecule is CNC(=O)C(C)Sc1nc(C)cc(C)c1C(=O)O. The highest BCUT2D eigenvalue weighted by Crippen LogP contribution is 2.27. The number of carbonyl (C=O) groups excluding carboxylic acids is 1. The average molecular weight is 268 g/mol. The van der Waals surface area contributed by atoms with E-state index in [2.05, 4.69) is 10.3 Å². The van der Waals surface area contributed by atoms with Gasteiger partial charge in [0.15, 0.2) is 0 Å². The molecule has 0 saturated heterocycles. The normalized spacial score (nSPS) is 12.0. The molecule has 1 aromatic heterocycles. The van der Waals surface area contributed by atoms with Crippen LogP contribution in [0, 0.1) is 13.8 Å². The van der Waals surface area contributed by atoms with Crippen LogP contribution in [0.1, 0.15) is 28.5 Å². The fourth-order valence-electron chi connectivity index (χ4n) is 1.57. The molecule has 0 saturated carbocycles. The summed E-state index contributed by atoms with van der Waals surface area (Å²) in [5.41, 5.74) is 1.56. The van der Waals surface area contributed by atoms with E-state index in [4.69, 9.17) is 0 Å². The molecule has 1 atom stereocenters. The molecule has 0 aliphatic carbocycles. The zero-order valence-corrected chi connectivity index (χ0v) is 11.6. The van der Waals surface area contributed by atoms with Gasteiger partial charge in [-0.15, -0.1) is 0 Å². The molecule has 1 heterocycles. The second kappa shape index (κ2) is 5.86. The van der Waals surface area contributed by atoms with Gasteiger partial charge < -0.3 is 10.4 Å². The van der Waals surface area contributed by atoms with Crippen molar-refractivity contribution in [3.63, 3.8) is 0 Å². The lowest BCUT2D eigenvalue weighted by Gasteiger charge is -2.13. The van der Waals surface area contributed by atoms with Crippen molar-refractivity contribution >= 4 is 23.6 Å². The summed E-state index contributed by atoms with van der Waals surface area (Å²) in [6, 6.07) is 1.72.